The van der Waals surface area contributed by atoms with Crippen LogP contribution in [-0.2, 0) is 4.79 Å². The minimum atomic E-state index is -1.03. The molecule has 0 aliphatic carbocycles. The minimum Gasteiger partial charge on any atom is -0.480 e. The van der Waals surface area contributed by atoms with E-state index in [-0.39, 0.29) is 29.6 Å². The van der Waals surface area contributed by atoms with Crippen molar-refractivity contribution >= 4 is 71.0 Å². The summed E-state index contributed by atoms with van der Waals surface area (Å²) in [4.78, 5) is 31.0. The molecule has 0 fully saturated rings. The Labute approximate surface area is 233 Å². The zero-order valence-corrected chi connectivity index (χ0v) is 23.4. The van der Waals surface area contributed by atoms with Crippen molar-refractivity contribution in [2.75, 3.05) is 31.0 Å². The summed E-state index contributed by atoms with van der Waals surface area (Å²) in [5.74, 6) is -0.781. The molecule has 0 saturated carbocycles. The van der Waals surface area contributed by atoms with Crippen molar-refractivity contribution in [2.24, 2.45) is 0 Å². The van der Waals surface area contributed by atoms with Crippen LogP contribution in [0.4, 0.5) is 5.69 Å². The number of aliphatic carboxylic acids is 1. The summed E-state index contributed by atoms with van der Waals surface area (Å²) in [6.07, 6.45) is 9.83. The molecule has 3 rings (SSSR count). The van der Waals surface area contributed by atoms with Gasteiger partial charge in [0.15, 0.2) is 0 Å². The average Bonchev–Trinajstić information content (AvgIpc) is 2.85. The van der Waals surface area contributed by atoms with Crippen LogP contribution >= 0.6 is 11.8 Å². The largest absolute Gasteiger partial charge is 0.480 e. The van der Waals surface area contributed by atoms with E-state index < -0.39 is 17.9 Å². The van der Waals surface area contributed by atoms with Crippen LogP contribution in [0.5, 0.6) is 0 Å². The summed E-state index contributed by atoms with van der Waals surface area (Å²) in [5.41, 5.74) is 5.02. The number of carbonyl (C=O) groups excluding carboxylic acids is 1. The van der Waals surface area contributed by atoms with E-state index in [1.807, 2.05) is 92.1 Å². The van der Waals surface area contributed by atoms with Crippen molar-refractivity contribution in [3.8, 4) is 11.1 Å². The predicted octanol–water partition coefficient (Wildman–Crippen LogP) is 4.54. The van der Waals surface area contributed by atoms with E-state index in [0.29, 0.717) is 17.7 Å². The zero-order chi connectivity index (χ0) is 24.5. The number of rotatable bonds is 10. The third-order valence-electron chi connectivity index (χ3n) is 5.35. The molecule has 1 aromatic heterocycles. The van der Waals surface area contributed by atoms with E-state index in [0.717, 1.165) is 27.9 Å². The van der Waals surface area contributed by atoms with Gasteiger partial charge in [-0.15, -0.1) is 0 Å². The topological polar surface area (TPSA) is 82.5 Å². The molecule has 177 valence electrons. The molecule has 1 atom stereocenters. The fourth-order valence-corrected chi connectivity index (χ4v) is 4.04. The molecule has 6 nitrogen and oxygen atoms in total. The summed E-state index contributed by atoms with van der Waals surface area (Å²) in [5, 5.41) is 12.2. The quantitative estimate of drug-likeness (QED) is 0.400. The van der Waals surface area contributed by atoms with Crippen LogP contribution in [0.3, 0.4) is 0 Å². The van der Waals surface area contributed by atoms with Crippen LogP contribution in [0.25, 0.3) is 23.3 Å². The van der Waals surface area contributed by atoms with E-state index in [9.17, 15) is 14.7 Å². The molecule has 2 N–H and O–H groups in total. The van der Waals surface area contributed by atoms with Gasteiger partial charge in [0.2, 0.25) is 0 Å². The van der Waals surface area contributed by atoms with E-state index in [4.69, 9.17) is 0 Å². The third-order valence-corrected chi connectivity index (χ3v) is 6.00. The number of nitrogens with one attached hydrogen (secondary N) is 1. The third kappa shape index (κ3) is 7.97. The number of hydrogen-bond donors (Lipinski definition) is 2. The fraction of sp³-hybridized carbons (Fsp3) is 0.222. The Kier molecular flexibility index (Phi) is 11.5. The SMILES string of the molecule is CSCC[C@H](NC(=O)c1ccc(C=Cc2cnccc2N(C)C)cc1-c1ccccc1)C(=O)O.[Na]. The average molecular weight is 499 g/mol. The molecule has 3 aromatic rings. The molecule has 1 radical (unpaired) electrons. The summed E-state index contributed by atoms with van der Waals surface area (Å²) >= 11 is 1.55. The monoisotopic (exact) mass is 498 g/mol. The Balaban J connectivity index is 0.00000432. The molecular formula is C27H29N3NaO3S. The minimum absolute atomic E-state index is 0. The zero-order valence-electron chi connectivity index (χ0n) is 20.6. The van der Waals surface area contributed by atoms with E-state index in [2.05, 4.69) is 10.3 Å². The molecule has 0 aliphatic heterocycles. The van der Waals surface area contributed by atoms with E-state index in [1.165, 1.54) is 0 Å². The second kappa shape index (κ2) is 14.1. The number of hydrogen-bond acceptors (Lipinski definition) is 5. The van der Waals surface area contributed by atoms with E-state index in [1.54, 1.807) is 24.0 Å². The number of aromatic nitrogens is 1. The van der Waals surface area contributed by atoms with Gasteiger partial charge in [-0.1, -0.05) is 48.6 Å². The molecule has 1 amide bonds. The first-order valence-corrected chi connectivity index (χ1v) is 12.3. The summed E-state index contributed by atoms with van der Waals surface area (Å²) in [6, 6.07) is 16.2. The molecule has 0 saturated heterocycles. The number of carbonyl (C=O) groups is 2. The first kappa shape index (κ1) is 28.7. The number of anilines is 1. The van der Waals surface area contributed by atoms with Crippen LogP contribution < -0.4 is 10.2 Å². The molecular weight excluding hydrogens is 469 g/mol. The number of amides is 1. The van der Waals surface area contributed by atoms with Gasteiger partial charge in [-0.3, -0.25) is 9.78 Å². The van der Waals surface area contributed by atoms with Crippen LogP contribution in [0.15, 0.2) is 67.0 Å². The number of pyridine rings is 1. The van der Waals surface area contributed by atoms with Crippen molar-refractivity contribution in [1.82, 2.24) is 10.3 Å². The van der Waals surface area contributed by atoms with Gasteiger partial charge in [0.05, 0.1) is 0 Å². The number of carboxylic acids is 1. The maximum atomic E-state index is 13.1. The second-order valence-electron chi connectivity index (χ2n) is 7.98. The van der Waals surface area contributed by atoms with Gasteiger partial charge >= 0.3 is 5.97 Å². The Hall–Kier alpha value is -2.58. The predicted molar refractivity (Wildman–Crippen MR) is 147 cm³/mol. The molecule has 2 aromatic carbocycles. The van der Waals surface area contributed by atoms with Gasteiger partial charge in [-0.2, -0.15) is 11.8 Å². The van der Waals surface area contributed by atoms with Crippen LogP contribution in [0.2, 0.25) is 0 Å². The molecule has 0 unspecified atom stereocenters. The second-order valence-corrected chi connectivity index (χ2v) is 8.96. The summed E-state index contributed by atoms with van der Waals surface area (Å²) in [6.45, 7) is 0. The summed E-state index contributed by atoms with van der Waals surface area (Å²) < 4.78 is 0. The fourth-order valence-electron chi connectivity index (χ4n) is 3.57. The van der Waals surface area contributed by atoms with Crippen molar-refractivity contribution in [1.29, 1.82) is 0 Å². The molecule has 0 aliphatic rings. The Morgan fingerprint density at radius 1 is 1.11 bits per heavy atom. The van der Waals surface area contributed by atoms with Gasteiger partial charge in [0.25, 0.3) is 5.91 Å². The molecule has 0 bridgehead atoms. The molecule has 35 heavy (non-hydrogen) atoms. The number of carboxylic acid groups (broad SMARTS) is 1. The van der Waals surface area contributed by atoms with Gasteiger partial charge < -0.3 is 15.3 Å². The Morgan fingerprint density at radius 2 is 1.86 bits per heavy atom. The standard InChI is InChI=1S/C27H29N3O3S.Na/c1-30(2)25-13-15-28-18-21(25)11-9-19-10-12-22(23(17-19)20-7-5-4-6-8-20)26(31)29-24(27(32)33)14-16-34-3;/h4-13,15,17-18,24H,14,16H2,1-3H3,(H,29,31)(H,32,33);/t24-;/m0./s1. The molecule has 1 heterocycles. The van der Waals surface area contributed by atoms with Gasteiger partial charge in [0.1, 0.15) is 6.04 Å². The van der Waals surface area contributed by atoms with Gasteiger partial charge in [0, 0.05) is 72.9 Å². The number of nitrogens with zero attached hydrogens (tertiary/aromatic N) is 2. The van der Waals surface area contributed by atoms with Crippen LogP contribution in [0.1, 0.15) is 27.9 Å². The van der Waals surface area contributed by atoms with Crippen LogP contribution in [-0.4, -0.2) is 83.7 Å². The first-order chi connectivity index (χ1) is 16.4. The molecule has 8 heteroatoms. The summed E-state index contributed by atoms with van der Waals surface area (Å²) in [7, 11) is 3.97. The normalized spacial score (nSPS) is 11.5. The number of benzene rings is 2. The van der Waals surface area contributed by atoms with Crippen molar-refractivity contribution in [3.63, 3.8) is 0 Å². The van der Waals surface area contributed by atoms with Gasteiger partial charge in [-0.05, 0) is 53.3 Å². The Bertz CT molecular complexity index is 1170. The van der Waals surface area contributed by atoms with E-state index >= 15 is 0 Å². The van der Waals surface area contributed by atoms with Crippen molar-refractivity contribution in [2.45, 2.75) is 12.5 Å². The van der Waals surface area contributed by atoms with Crippen LogP contribution in [0, 0.1) is 0 Å². The maximum absolute atomic E-state index is 13.1. The Morgan fingerprint density at radius 3 is 2.51 bits per heavy atom. The molecule has 0 spiro atoms. The smallest absolute Gasteiger partial charge is 0.326 e. The van der Waals surface area contributed by atoms with Crippen molar-refractivity contribution < 1.29 is 14.7 Å². The maximum Gasteiger partial charge on any atom is 0.326 e. The number of thioether (sulfide) groups is 1. The van der Waals surface area contributed by atoms with Crippen molar-refractivity contribution in [3.05, 3.63) is 83.7 Å². The van der Waals surface area contributed by atoms with Gasteiger partial charge in [-0.25, -0.2) is 4.79 Å². The first-order valence-electron chi connectivity index (χ1n) is 10.9.